The maximum Gasteiger partial charge on any atom is 0.404 e. The van der Waals surface area contributed by atoms with Crippen LogP contribution in [0.15, 0.2) is 24.3 Å². The molecule has 5 nitrogen and oxygen atoms in total. The van der Waals surface area contributed by atoms with Crippen LogP contribution in [0, 0.1) is 11.8 Å². The van der Waals surface area contributed by atoms with E-state index in [1.54, 1.807) is 5.32 Å². The van der Waals surface area contributed by atoms with E-state index in [2.05, 4.69) is 73.7 Å². The molecule has 1 aromatic heterocycles. The average molecular weight is 526 g/mol. The summed E-state index contributed by atoms with van der Waals surface area (Å²) in [6.45, 7) is 14.9. The van der Waals surface area contributed by atoms with E-state index in [1.807, 2.05) is 0 Å². The monoisotopic (exact) mass is 525 g/mol. The molecular weight excluding hydrogens is 474 g/mol. The highest BCUT2D eigenvalue weighted by Gasteiger charge is 2.39. The topological polar surface area (TPSA) is 57.5 Å². The van der Waals surface area contributed by atoms with Crippen LogP contribution < -0.4 is 10.6 Å². The Bertz CT molecular complexity index is 1020. The van der Waals surface area contributed by atoms with E-state index in [-0.39, 0.29) is 0 Å². The summed E-state index contributed by atoms with van der Waals surface area (Å²) in [5.74, 6) is 1.75. The van der Waals surface area contributed by atoms with Crippen molar-refractivity contribution in [2.24, 2.45) is 11.8 Å². The summed E-state index contributed by atoms with van der Waals surface area (Å²) in [6.07, 6.45) is 7.87. The zero-order chi connectivity index (χ0) is 26.6. The van der Waals surface area contributed by atoms with Gasteiger partial charge in [-0.25, -0.2) is 4.79 Å². The molecule has 1 aliphatic carbocycles. The maximum atomic E-state index is 11.3. The normalized spacial score (nSPS) is 22.1. The first-order chi connectivity index (χ1) is 17.8. The summed E-state index contributed by atoms with van der Waals surface area (Å²) in [7, 11) is -1.72. The third kappa shape index (κ3) is 5.80. The van der Waals surface area contributed by atoms with Crippen molar-refractivity contribution in [3.8, 4) is 0 Å². The molecule has 2 heterocycles. The predicted molar refractivity (Wildman–Crippen MR) is 159 cm³/mol. The standard InChI is InChI=1S/C31H51N3O2Si/c1-6-37(7-2,8-3)30-28(17-20-32-31(35)36)27-11-9-10-12-29(27)34(30)26-18-21-33(22-19-26)25-15-13-24(14-16-25)23(4)5/h9-12,23-26,32H,6-8,13-22H2,1-5H3,(H,35,36)/t24-,25+. The summed E-state index contributed by atoms with van der Waals surface area (Å²) >= 11 is 0. The van der Waals surface area contributed by atoms with E-state index in [1.165, 1.54) is 86.2 Å². The smallest absolute Gasteiger partial charge is 0.404 e. The highest BCUT2D eigenvalue weighted by molar-refractivity contribution is 6.91. The van der Waals surface area contributed by atoms with Crippen LogP contribution in [0.3, 0.4) is 0 Å². The minimum atomic E-state index is -1.72. The fourth-order valence-corrected chi connectivity index (χ4v) is 11.9. The van der Waals surface area contributed by atoms with Crippen LogP contribution >= 0.6 is 0 Å². The Balaban J connectivity index is 1.64. The molecule has 1 saturated heterocycles. The van der Waals surface area contributed by atoms with Crippen molar-refractivity contribution in [2.45, 2.75) is 110 Å². The van der Waals surface area contributed by atoms with Gasteiger partial charge in [-0.2, -0.15) is 0 Å². The lowest BCUT2D eigenvalue weighted by molar-refractivity contribution is 0.0898. The van der Waals surface area contributed by atoms with Crippen molar-refractivity contribution >= 4 is 30.4 Å². The number of likely N-dealkylation sites (tertiary alicyclic amines) is 1. The van der Waals surface area contributed by atoms with E-state index < -0.39 is 14.2 Å². The van der Waals surface area contributed by atoms with Crippen molar-refractivity contribution in [1.82, 2.24) is 14.8 Å². The fraction of sp³-hybridized carbons (Fsp3) is 0.710. The van der Waals surface area contributed by atoms with Crippen molar-refractivity contribution in [3.05, 3.63) is 29.8 Å². The Morgan fingerprint density at radius 2 is 1.59 bits per heavy atom. The van der Waals surface area contributed by atoms with Gasteiger partial charge in [-0.1, -0.05) is 71.0 Å². The lowest BCUT2D eigenvalue weighted by Crippen LogP contribution is -2.53. The number of carbonyl (C=O) groups is 1. The number of hydrogen-bond acceptors (Lipinski definition) is 2. The number of carboxylic acid groups (broad SMARTS) is 1. The van der Waals surface area contributed by atoms with Crippen molar-refractivity contribution in [3.63, 3.8) is 0 Å². The fourth-order valence-electron chi connectivity index (χ4n) is 7.73. The summed E-state index contributed by atoms with van der Waals surface area (Å²) in [6, 6.07) is 14.0. The number of piperidine rings is 1. The van der Waals surface area contributed by atoms with E-state index in [9.17, 15) is 9.90 Å². The third-order valence-electron chi connectivity index (χ3n) is 10.3. The first kappa shape index (κ1) is 28.2. The predicted octanol–water partition coefficient (Wildman–Crippen LogP) is 7.02. The number of hydrogen-bond donors (Lipinski definition) is 2. The van der Waals surface area contributed by atoms with Gasteiger partial charge in [-0.15, -0.1) is 0 Å². The minimum absolute atomic E-state index is 0.482. The Morgan fingerprint density at radius 3 is 2.16 bits per heavy atom. The first-order valence-electron chi connectivity index (χ1n) is 15.2. The molecule has 6 heteroatoms. The SMILES string of the molecule is CC[Si](CC)(CC)c1c(CCNC(=O)O)c2ccccc2n1C1CCN([C@H]2CC[C@@H](C(C)C)CC2)CC1. The minimum Gasteiger partial charge on any atom is -0.465 e. The Hall–Kier alpha value is -1.79. The number of fused-ring (bicyclic) bond motifs is 1. The molecule has 37 heavy (non-hydrogen) atoms. The summed E-state index contributed by atoms with van der Waals surface area (Å²) in [5.41, 5.74) is 2.81. The van der Waals surface area contributed by atoms with Gasteiger partial charge in [0.1, 0.15) is 8.07 Å². The van der Waals surface area contributed by atoms with Gasteiger partial charge >= 0.3 is 6.09 Å². The molecule has 0 unspecified atom stereocenters. The van der Waals surface area contributed by atoms with Crippen molar-refractivity contribution in [1.29, 1.82) is 0 Å². The first-order valence-corrected chi connectivity index (χ1v) is 17.8. The maximum absolute atomic E-state index is 11.3. The van der Waals surface area contributed by atoms with Gasteiger partial charge in [0.2, 0.25) is 0 Å². The number of aromatic nitrogens is 1. The summed E-state index contributed by atoms with van der Waals surface area (Å²) in [4.78, 5) is 14.1. The number of nitrogens with zero attached hydrogens (tertiary/aromatic N) is 2. The molecular formula is C31H51N3O2Si. The number of rotatable bonds is 10. The van der Waals surface area contributed by atoms with Crippen LogP contribution in [-0.2, 0) is 6.42 Å². The summed E-state index contributed by atoms with van der Waals surface area (Å²) in [5, 5.41) is 14.9. The van der Waals surface area contributed by atoms with E-state index in [0.29, 0.717) is 12.6 Å². The third-order valence-corrected chi connectivity index (χ3v) is 15.9. The highest BCUT2D eigenvalue weighted by atomic mass is 28.3. The second kappa shape index (κ2) is 12.4. The van der Waals surface area contributed by atoms with E-state index in [4.69, 9.17) is 0 Å². The van der Waals surface area contributed by atoms with E-state index >= 15 is 0 Å². The molecule has 2 aromatic rings. The van der Waals surface area contributed by atoms with Gasteiger partial charge in [0, 0.05) is 47.9 Å². The Morgan fingerprint density at radius 1 is 0.973 bits per heavy atom. The number of amides is 1. The molecule has 0 radical (unpaired) electrons. The van der Waals surface area contributed by atoms with Crippen LogP contribution in [0.1, 0.15) is 84.7 Å². The molecule has 2 N–H and O–H groups in total. The molecule has 1 amide bonds. The summed E-state index contributed by atoms with van der Waals surface area (Å²) < 4.78 is 2.79. The second-order valence-electron chi connectivity index (χ2n) is 12.1. The molecule has 1 aromatic carbocycles. The second-order valence-corrected chi connectivity index (χ2v) is 17.3. The van der Waals surface area contributed by atoms with Crippen LogP contribution in [0.2, 0.25) is 18.1 Å². The van der Waals surface area contributed by atoms with Gasteiger partial charge in [-0.05, 0) is 68.4 Å². The van der Waals surface area contributed by atoms with Crippen LogP contribution in [-0.4, -0.2) is 54.4 Å². The average Bonchev–Trinajstić information content (AvgIpc) is 3.25. The quantitative estimate of drug-likeness (QED) is 0.328. The molecule has 2 aliphatic rings. The van der Waals surface area contributed by atoms with Crippen LogP contribution in [0.4, 0.5) is 4.79 Å². The van der Waals surface area contributed by atoms with Gasteiger partial charge in [0.05, 0.1) is 0 Å². The van der Waals surface area contributed by atoms with Crippen LogP contribution in [0.25, 0.3) is 10.9 Å². The molecule has 0 bridgehead atoms. The Kier molecular flexibility index (Phi) is 9.44. The van der Waals surface area contributed by atoms with Crippen molar-refractivity contribution in [2.75, 3.05) is 19.6 Å². The number of nitrogens with one attached hydrogen (secondary N) is 1. The molecule has 206 valence electrons. The molecule has 2 fully saturated rings. The largest absolute Gasteiger partial charge is 0.465 e. The lowest BCUT2D eigenvalue weighted by atomic mass is 9.79. The van der Waals surface area contributed by atoms with Gasteiger partial charge in [0.25, 0.3) is 0 Å². The Labute approximate surface area is 226 Å². The molecule has 0 spiro atoms. The zero-order valence-corrected chi connectivity index (χ0v) is 25.1. The zero-order valence-electron chi connectivity index (χ0n) is 24.1. The van der Waals surface area contributed by atoms with Crippen molar-refractivity contribution < 1.29 is 9.90 Å². The molecule has 1 aliphatic heterocycles. The highest BCUT2D eigenvalue weighted by Crippen LogP contribution is 2.37. The van der Waals surface area contributed by atoms with Gasteiger partial charge < -0.3 is 19.9 Å². The van der Waals surface area contributed by atoms with Gasteiger partial charge in [0.15, 0.2) is 0 Å². The molecule has 4 rings (SSSR count). The number of para-hydroxylation sites is 1. The lowest BCUT2D eigenvalue weighted by Gasteiger charge is -2.43. The van der Waals surface area contributed by atoms with Crippen LogP contribution in [0.5, 0.6) is 0 Å². The molecule has 0 atom stereocenters. The van der Waals surface area contributed by atoms with E-state index in [0.717, 1.165) is 24.3 Å². The number of benzene rings is 1. The van der Waals surface area contributed by atoms with Gasteiger partial charge in [-0.3, -0.25) is 0 Å². The molecule has 1 saturated carbocycles.